The summed E-state index contributed by atoms with van der Waals surface area (Å²) in [6, 6.07) is 2.14. The van der Waals surface area contributed by atoms with Crippen molar-refractivity contribution in [1.29, 1.82) is 0 Å². The van der Waals surface area contributed by atoms with E-state index in [1.807, 2.05) is 11.8 Å². The van der Waals surface area contributed by atoms with Crippen LogP contribution in [0.4, 0.5) is 0 Å². The number of rotatable bonds is 2. The molecular formula is C15H22N2O2S. The van der Waals surface area contributed by atoms with E-state index < -0.39 is 5.60 Å². The van der Waals surface area contributed by atoms with Gasteiger partial charge in [-0.05, 0) is 43.2 Å². The van der Waals surface area contributed by atoms with E-state index in [0.29, 0.717) is 6.54 Å². The topological polar surface area (TPSA) is 43.8 Å². The first kappa shape index (κ1) is 14.0. The highest BCUT2D eigenvalue weighted by Gasteiger charge is 2.29. The number of hydrogen-bond acceptors (Lipinski definition) is 4. The van der Waals surface area contributed by atoms with Crippen molar-refractivity contribution in [3.63, 3.8) is 0 Å². The van der Waals surface area contributed by atoms with Crippen molar-refractivity contribution < 1.29 is 9.90 Å². The minimum atomic E-state index is -0.545. The van der Waals surface area contributed by atoms with E-state index in [2.05, 4.69) is 16.3 Å². The van der Waals surface area contributed by atoms with E-state index in [4.69, 9.17) is 0 Å². The minimum absolute atomic E-state index is 0.225. The SMILES string of the molecule is CC1(O)CCN(CC(=O)N2CCc3sccc3C2)CC1. The smallest absolute Gasteiger partial charge is 0.237 e. The zero-order valence-electron chi connectivity index (χ0n) is 12.0. The molecule has 3 rings (SSSR count). The molecule has 3 heterocycles. The number of hydrogen-bond donors (Lipinski definition) is 1. The van der Waals surface area contributed by atoms with Crippen LogP contribution in [-0.2, 0) is 17.8 Å². The second kappa shape index (κ2) is 5.47. The lowest BCUT2D eigenvalue weighted by Gasteiger charge is -2.36. The molecule has 20 heavy (non-hydrogen) atoms. The Morgan fingerprint density at radius 1 is 1.40 bits per heavy atom. The van der Waals surface area contributed by atoms with Crippen molar-refractivity contribution in [2.75, 3.05) is 26.2 Å². The summed E-state index contributed by atoms with van der Waals surface area (Å²) in [4.78, 5) is 18.0. The number of amides is 1. The Morgan fingerprint density at radius 3 is 2.90 bits per heavy atom. The van der Waals surface area contributed by atoms with Crippen molar-refractivity contribution in [3.8, 4) is 0 Å². The first-order valence-electron chi connectivity index (χ1n) is 7.31. The van der Waals surface area contributed by atoms with Crippen LogP contribution in [-0.4, -0.2) is 52.6 Å². The van der Waals surface area contributed by atoms with Gasteiger partial charge in [0.15, 0.2) is 0 Å². The van der Waals surface area contributed by atoms with Crippen LogP contribution in [0, 0.1) is 0 Å². The summed E-state index contributed by atoms with van der Waals surface area (Å²) in [7, 11) is 0. The van der Waals surface area contributed by atoms with E-state index >= 15 is 0 Å². The summed E-state index contributed by atoms with van der Waals surface area (Å²) in [5.74, 6) is 0.225. The summed E-state index contributed by atoms with van der Waals surface area (Å²) >= 11 is 1.80. The Labute approximate surface area is 124 Å². The maximum absolute atomic E-state index is 12.4. The summed E-state index contributed by atoms with van der Waals surface area (Å²) in [6.45, 7) is 5.62. The molecule has 5 heteroatoms. The summed E-state index contributed by atoms with van der Waals surface area (Å²) in [5.41, 5.74) is 0.771. The fourth-order valence-electron chi connectivity index (χ4n) is 2.95. The van der Waals surface area contributed by atoms with Crippen LogP contribution < -0.4 is 0 Å². The van der Waals surface area contributed by atoms with E-state index in [0.717, 1.165) is 45.4 Å². The summed E-state index contributed by atoms with van der Waals surface area (Å²) in [5, 5.41) is 12.1. The Bertz CT molecular complexity index is 488. The van der Waals surface area contributed by atoms with Gasteiger partial charge in [0.25, 0.3) is 0 Å². The molecule has 1 amide bonds. The van der Waals surface area contributed by atoms with Crippen LogP contribution >= 0.6 is 11.3 Å². The van der Waals surface area contributed by atoms with Gasteiger partial charge in [-0.15, -0.1) is 11.3 Å². The Balaban J connectivity index is 1.53. The molecule has 0 aromatic carbocycles. The molecule has 0 unspecified atom stereocenters. The number of carbonyl (C=O) groups excluding carboxylic acids is 1. The highest BCUT2D eigenvalue weighted by atomic mass is 32.1. The summed E-state index contributed by atoms with van der Waals surface area (Å²) in [6.07, 6.45) is 2.51. The third-order valence-electron chi connectivity index (χ3n) is 4.45. The largest absolute Gasteiger partial charge is 0.390 e. The zero-order chi connectivity index (χ0) is 14.2. The lowest BCUT2D eigenvalue weighted by molar-refractivity contribution is -0.134. The van der Waals surface area contributed by atoms with Gasteiger partial charge >= 0.3 is 0 Å². The van der Waals surface area contributed by atoms with Crippen LogP contribution in [0.1, 0.15) is 30.2 Å². The minimum Gasteiger partial charge on any atom is -0.390 e. The van der Waals surface area contributed by atoms with E-state index in [1.165, 1.54) is 10.4 Å². The highest BCUT2D eigenvalue weighted by molar-refractivity contribution is 7.10. The molecular weight excluding hydrogens is 272 g/mol. The molecule has 0 atom stereocenters. The summed E-state index contributed by atoms with van der Waals surface area (Å²) < 4.78 is 0. The average Bonchev–Trinajstić information content (AvgIpc) is 2.88. The van der Waals surface area contributed by atoms with Gasteiger partial charge in [-0.25, -0.2) is 0 Å². The highest BCUT2D eigenvalue weighted by Crippen LogP contribution is 2.25. The van der Waals surface area contributed by atoms with Gasteiger partial charge in [0.1, 0.15) is 0 Å². The van der Waals surface area contributed by atoms with Crippen LogP contribution in [0.2, 0.25) is 0 Å². The molecule has 1 aromatic rings. The second-order valence-corrected chi connectivity index (χ2v) is 7.21. The van der Waals surface area contributed by atoms with Gasteiger partial charge in [-0.1, -0.05) is 0 Å². The standard InChI is InChI=1S/C15H22N2O2S/c1-15(19)4-7-16(8-5-15)11-14(18)17-6-2-13-12(10-17)3-9-20-13/h3,9,19H,2,4-8,10-11H2,1H3. The molecule has 110 valence electrons. The quantitative estimate of drug-likeness (QED) is 0.898. The van der Waals surface area contributed by atoms with Crippen molar-refractivity contribution in [2.24, 2.45) is 0 Å². The van der Waals surface area contributed by atoms with Gasteiger partial charge < -0.3 is 10.0 Å². The van der Waals surface area contributed by atoms with E-state index in [1.54, 1.807) is 11.3 Å². The maximum atomic E-state index is 12.4. The van der Waals surface area contributed by atoms with Crippen LogP contribution in [0.5, 0.6) is 0 Å². The second-order valence-electron chi connectivity index (χ2n) is 6.21. The van der Waals surface area contributed by atoms with E-state index in [9.17, 15) is 9.90 Å². The molecule has 0 bridgehead atoms. The average molecular weight is 294 g/mol. The number of nitrogens with zero attached hydrogens (tertiary/aromatic N) is 2. The maximum Gasteiger partial charge on any atom is 0.237 e. The predicted octanol–water partition coefficient (Wildman–Crippen LogP) is 1.48. The third kappa shape index (κ3) is 3.05. The van der Waals surface area contributed by atoms with Crippen molar-refractivity contribution >= 4 is 17.2 Å². The Morgan fingerprint density at radius 2 is 2.15 bits per heavy atom. The van der Waals surface area contributed by atoms with Crippen LogP contribution in [0.3, 0.4) is 0 Å². The number of aliphatic hydroxyl groups is 1. The lowest BCUT2D eigenvalue weighted by Crippen LogP contribution is -2.48. The molecule has 1 aromatic heterocycles. The first-order valence-corrected chi connectivity index (χ1v) is 8.19. The zero-order valence-corrected chi connectivity index (χ0v) is 12.8. The molecule has 0 spiro atoms. The molecule has 1 fully saturated rings. The van der Waals surface area contributed by atoms with Gasteiger partial charge in [0, 0.05) is 31.1 Å². The van der Waals surface area contributed by atoms with Crippen LogP contribution in [0.15, 0.2) is 11.4 Å². The van der Waals surface area contributed by atoms with Gasteiger partial charge in [-0.3, -0.25) is 9.69 Å². The lowest BCUT2D eigenvalue weighted by atomic mass is 9.94. The van der Waals surface area contributed by atoms with Crippen molar-refractivity contribution in [3.05, 3.63) is 21.9 Å². The van der Waals surface area contributed by atoms with Crippen LogP contribution in [0.25, 0.3) is 0 Å². The third-order valence-corrected chi connectivity index (χ3v) is 5.48. The number of piperidine rings is 1. The van der Waals surface area contributed by atoms with Gasteiger partial charge in [0.2, 0.25) is 5.91 Å². The van der Waals surface area contributed by atoms with Gasteiger partial charge in [0.05, 0.1) is 12.1 Å². The fourth-order valence-corrected chi connectivity index (χ4v) is 3.84. The number of likely N-dealkylation sites (tertiary alicyclic amines) is 1. The normalized spacial score (nSPS) is 22.6. The van der Waals surface area contributed by atoms with E-state index in [-0.39, 0.29) is 5.91 Å². The number of carbonyl (C=O) groups is 1. The fraction of sp³-hybridized carbons (Fsp3) is 0.667. The van der Waals surface area contributed by atoms with Crippen molar-refractivity contribution in [1.82, 2.24) is 9.80 Å². The molecule has 0 saturated carbocycles. The molecule has 4 nitrogen and oxygen atoms in total. The molecule has 0 aliphatic carbocycles. The van der Waals surface area contributed by atoms with Crippen molar-refractivity contribution in [2.45, 2.75) is 38.3 Å². The number of thiophene rings is 1. The first-order chi connectivity index (χ1) is 9.53. The predicted molar refractivity (Wildman–Crippen MR) is 79.7 cm³/mol. The monoisotopic (exact) mass is 294 g/mol. The Kier molecular flexibility index (Phi) is 3.84. The molecule has 1 saturated heterocycles. The van der Waals surface area contributed by atoms with Gasteiger partial charge in [-0.2, -0.15) is 0 Å². The molecule has 0 radical (unpaired) electrons. The molecule has 2 aliphatic rings. The molecule has 1 N–H and O–H groups in total. The molecule has 2 aliphatic heterocycles. The number of fused-ring (bicyclic) bond motifs is 1. The Hall–Kier alpha value is -0.910.